The third-order valence-electron chi connectivity index (χ3n) is 6.59. The number of carbonyl (C=O) groups is 1. The molecule has 200 valence electrons. The first-order valence-corrected chi connectivity index (χ1v) is 14.8. The molecule has 1 amide bonds. The quantitative estimate of drug-likeness (QED) is 0.169. The number of aromatic nitrogens is 2. The van der Waals surface area contributed by atoms with Gasteiger partial charge >= 0.3 is 0 Å². The molecule has 1 aromatic heterocycles. The van der Waals surface area contributed by atoms with E-state index in [2.05, 4.69) is 55.6 Å². The molecule has 1 aliphatic rings. The maximum atomic E-state index is 13.8. The Hall–Kier alpha value is -2.87. The maximum absolute atomic E-state index is 13.8. The van der Waals surface area contributed by atoms with Crippen LogP contribution in [0.15, 0.2) is 70.6 Å². The van der Waals surface area contributed by atoms with Gasteiger partial charge in [-0.2, -0.15) is 9.78 Å². The van der Waals surface area contributed by atoms with Crippen LogP contribution in [0.4, 0.5) is 10.1 Å². The van der Waals surface area contributed by atoms with Crippen molar-refractivity contribution < 1.29 is 13.9 Å². The van der Waals surface area contributed by atoms with E-state index < -0.39 is 11.7 Å². The maximum Gasteiger partial charge on any atom is 0.282 e. The Morgan fingerprint density at radius 2 is 1.77 bits per heavy atom. The average molecular weight is 750 g/mol. The fourth-order valence-corrected chi connectivity index (χ4v) is 6.81. The Labute approximate surface area is 252 Å². The van der Waals surface area contributed by atoms with Gasteiger partial charge in [-0.25, -0.2) is 9.37 Å². The number of hydrogen-bond acceptors (Lipinski definition) is 5. The van der Waals surface area contributed by atoms with E-state index in [1.807, 2.05) is 30.3 Å². The SMILES string of the molecule is O=C(COc1c(I)cc(C=Nn2c(C3CCCCC3)nc3ccccc3c2=O)cc1I)Nc1ccccc1F. The van der Waals surface area contributed by atoms with Gasteiger partial charge in [0.05, 0.1) is 29.9 Å². The fraction of sp³-hybridized carbons (Fsp3) is 0.241. The molecule has 0 spiro atoms. The lowest BCUT2D eigenvalue weighted by Gasteiger charge is -2.22. The largest absolute Gasteiger partial charge is 0.482 e. The highest BCUT2D eigenvalue weighted by atomic mass is 127. The summed E-state index contributed by atoms with van der Waals surface area (Å²) in [6.45, 7) is -0.267. The van der Waals surface area contributed by atoms with Crippen molar-refractivity contribution in [1.82, 2.24) is 9.66 Å². The van der Waals surface area contributed by atoms with E-state index in [1.54, 1.807) is 24.4 Å². The Morgan fingerprint density at radius 1 is 1.08 bits per heavy atom. The molecule has 1 aliphatic carbocycles. The Kier molecular flexibility index (Phi) is 8.90. The van der Waals surface area contributed by atoms with Gasteiger partial charge in [0.2, 0.25) is 0 Å². The van der Waals surface area contributed by atoms with E-state index in [0.29, 0.717) is 22.5 Å². The zero-order chi connectivity index (χ0) is 27.4. The standard InChI is InChI=1S/C29H25FI2N4O3/c30-21-11-5-7-13-25(21)34-26(37)17-39-27-22(31)14-18(15-23(27)32)16-33-36-28(19-8-2-1-3-9-19)35-24-12-6-4-10-20(24)29(36)38/h4-7,10-16,19H,1-3,8-9,17H2,(H,34,37). The second kappa shape index (κ2) is 12.5. The highest BCUT2D eigenvalue weighted by molar-refractivity contribution is 14.1. The van der Waals surface area contributed by atoms with Crippen LogP contribution >= 0.6 is 45.2 Å². The van der Waals surface area contributed by atoms with Crippen molar-refractivity contribution in [2.75, 3.05) is 11.9 Å². The molecule has 5 rings (SSSR count). The Balaban J connectivity index is 1.38. The fourth-order valence-electron chi connectivity index (χ4n) is 4.68. The van der Waals surface area contributed by atoms with Crippen molar-refractivity contribution in [3.05, 3.63) is 95.4 Å². The number of carbonyl (C=O) groups excluding carboxylic acids is 1. The Morgan fingerprint density at radius 3 is 2.51 bits per heavy atom. The minimum atomic E-state index is -0.508. The van der Waals surface area contributed by atoms with Crippen LogP contribution in [0.1, 0.15) is 49.4 Å². The number of nitrogens with zero attached hydrogens (tertiary/aromatic N) is 3. The van der Waals surface area contributed by atoms with Gasteiger partial charge in [-0.1, -0.05) is 43.5 Å². The zero-order valence-electron chi connectivity index (χ0n) is 20.9. The highest BCUT2D eigenvalue weighted by Crippen LogP contribution is 2.32. The molecule has 0 unspecified atom stereocenters. The van der Waals surface area contributed by atoms with Gasteiger partial charge in [-0.05, 0) is 100.0 Å². The number of ether oxygens (including phenoxy) is 1. The van der Waals surface area contributed by atoms with Crippen molar-refractivity contribution in [1.29, 1.82) is 0 Å². The number of hydrogen-bond donors (Lipinski definition) is 1. The van der Waals surface area contributed by atoms with Gasteiger partial charge in [-0.15, -0.1) is 0 Å². The van der Waals surface area contributed by atoms with Gasteiger partial charge in [-0.3, -0.25) is 9.59 Å². The van der Waals surface area contributed by atoms with Gasteiger partial charge in [0.25, 0.3) is 11.5 Å². The molecule has 0 saturated heterocycles. The average Bonchev–Trinajstić information content (AvgIpc) is 2.94. The number of para-hydroxylation sites is 2. The molecule has 1 saturated carbocycles. The summed E-state index contributed by atoms with van der Waals surface area (Å²) >= 11 is 4.28. The van der Waals surface area contributed by atoms with Crippen LogP contribution in [0.2, 0.25) is 0 Å². The molecule has 1 fully saturated rings. The number of rotatable bonds is 7. The summed E-state index contributed by atoms with van der Waals surface area (Å²) < 4.78 is 22.6. The van der Waals surface area contributed by atoms with Crippen molar-refractivity contribution in [2.24, 2.45) is 5.10 Å². The van der Waals surface area contributed by atoms with E-state index >= 15 is 0 Å². The van der Waals surface area contributed by atoms with E-state index in [0.717, 1.165) is 38.4 Å². The number of nitrogens with one attached hydrogen (secondary N) is 1. The van der Waals surface area contributed by atoms with E-state index in [9.17, 15) is 14.0 Å². The molecule has 3 aromatic carbocycles. The summed E-state index contributed by atoms with van der Waals surface area (Å²) in [5.74, 6) is 0.478. The van der Waals surface area contributed by atoms with Crippen molar-refractivity contribution >= 4 is 73.9 Å². The number of benzene rings is 3. The van der Waals surface area contributed by atoms with Crippen LogP contribution in [-0.4, -0.2) is 28.4 Å². The summed E-state index contributed by atoms with van der Waals surface area (Å²) in [6, 6.07) is 17.1. The lowest BCUT2D eigenvalue weighted by atomic mass is 9.88. The summed E-state index contributed by atoms with van der Waals surface area (Å²) in [4.78, 5) is 30.6. The molecule has 0 aliphatic heterocycles. The van der Waals surface area contributed by atoms with E-state index in [4.69, 9.17) is 9.72 Å². The molecule has 0 bridgehead atoms. The normalized spacial score (nSPS) is 14.1. The lowest BCUT2D eigenvalue weighted by molar-refractivity contribution is -0.118. The molecule has 39 heavy (non-hydrogen) atoms. The second-order valence-corrected chi connectivity index (χ2v) is 11.6. The second-order valence-electron chi connectivity index (χ2n) is 9.31. The van der Waals surface area contributed by atoms with Crippen molar-refractivity contribution in [3.63, 3.8) is 0 Å². The first-order valence-electron chi connectivity index (χ1n) is 12.6. The predicted molar refractivity (Wildman–Crippen MR) is 167 cm³/mol. The smallest absolute Gasteiger partial charge is 0.282 e. The minimum absolute atomic E-state index is 0.105. The Bertz CT molecular complexity index is 1590. The van der Waals surface area contributed by atoms with Gasteiger partial charge in [0.1, 0.15) is 17.4 Å². The zero-order valence-corrected chi connectivity index (χ0v) is 25.2. The third kappa shape index (κ3) is 6.48. The summed E-state index contributed by atoms with van der Waals surface area (Å²) in [5, 5.41) is 7.67. The number of halogens is 3. The summed E-state index contributed by atoms with van der Waals surface area (Å²) in [5.41, 5.74) is 1.40. The monoisotopic (exact) mass is 750 g/mol. The lowest BCUT2D eigenvalue weighted by Crippen LogP contribution is -2.25. The third-order valence-corrected chi connectivity index (χ3v) is 8.19. The van der Waals surface area contributed by atoms with Crippen LogP contribution in [0.3, 0.4) is 0 Å². The van der Waals surface area contributed by atoms with Crippen LogP contribution in [0.25, 0.3) is 10.9 Å². The first-order chi connectivity index (χ1) is 18.9. The van der Waals surface area contributed by atoms with E-state index in [1.165, 1.54) is 23.2 Å². The van der Waals surface area contributed by atoms with Crippen molar-refractivity contribution in [3.8, 4) is 5.75 Å². The molecule has 0 radical (unpaired) electrons. The van der Waals surface area contributed by atoms with E-state index in [-0.39, 0.29) is 23.8 Å². The number of amides is 1. The van der Waals surface area contributed by atoms with Crippen molar-refractivity contribution in [2.45, 2.75) is 38.0 Å². The van der Waals surface area contributed by atoms with Crippen LogP contribution < -0.4 is 15.6 Å². The van der Waals surface area contributed by atoms with Crippen LogP contribution in [0.5, 0.6) is 5.75 Å². The topological polar surface area (TPSA) is 85.6 Å². The predicted octanol–water partition coefficient (Wildman–Crippen LogP) is 6.69. The van der Waals surface area contributed by atoms with Crippen LogP contribution in [-0.2, 0) is 4.79 Å². The number of anilines is 1. The molecule has 1 N–H and O–H groups in total. The number of fused-ring (bicyclic) bond motifs is 1. The molecule has 7 nitrogen and oxygen atoms in total. The molecule has 0 atom stereocenters. The van der Waals surface area contributed by atoms with Gasteiger partial charge in [0, 0.05) is 5.92 Å². The van der Waals surface area contributed by atoms with Gasteiger partial charge in [0.15, 0.2) is 6.61 Å². The summed E-state index contributed by atoms with van der Waals surface area (Å²) in [7, 11) is 0. The summed E-state index contributed by atoms with van der Waals surface area (Å²) in [6.07, 6.45) is 7.08. The first kappa shape index (κ1) is 27.7. The molecule has 4 aromatic rings. The van der Waals surface area contributed by atoms with Gasteiger partial charge < -0.3 is 10.1 Å². The minimum Gasteiger partial charge on any atom is -0.482 e. The molecule has 1 heterocycles. The van der Waals surface area contributed by atoms with Crippen LogP contribution in [0, 0.1) is 13.0 Å². The molecular weight excluding hydrogens is 725 g/mol. The molecular formula is C29H25FI2N4O3. The highest BCUT2D eigenvalue weighted by Gasteiger charge is 2.22. The molecule has 10 heteroatoms.